The minimum absolute atomic E-state index is 0.130. The molecule has 1 amide bonds. The molecule has 5 heteroatoms. The van der Waals surface area contributed by atoms with E-state index in [4.69, 9.17) is 0 Å². The van der Waals surface area contributed by atoms with Gasteiger partial charge in [-0.2, -0.15) is 5.10 Å². The normalized spacial score (nSPS) is 16.4. The van der Waals surface area contributed by atoms with Gasteiger partial charge in [0, 0.05) is 23.5 Å². The first-order chi connectivity index (χ1) is 10.7. The molecule has 22 heavy (non-hydrogen) atoms. The molecule has 2 aromatic heterocycles. The molecule has 1 aromatic carbocycles. The van der Waals surface area contributed by atoms with E-state index in [0.29, 0.717) is 5.69 Å². The van der Waals surface area contributed by atoms with E-state index in [1.54, 1.807) is 12.4 Å². The van der Waals surface area contributed by atoms with Crippen LogP contribution < -0.4 is 5.32 Å². The highest BCUT2D eigenvalue weighted by Gasteiger charge is 2.35. The molecule has 0 unspecified atom stereocenters. The van der Waals surface area contributed by atoms with E-state index in [1.807, 2.05) is 43.3 Å². The second-order valence-electron chi connectivity index (χ2n) is 5.42. The maximum Gasteiger partial charge on any atom is 0.270 e. The molecule has 3 aromatic rings. The van der Waals surface area contributed by atoms with Crippen molar-refractivity contribution in [1.82, 2.24) is 20.5 Å². The first kappa shape index (κ1) is 12.8. The molecule has 108 valence electrons. The number of benzene rings is 1. The maximum absolute atomic E-state index is 12.1. The van der Waals surface area contributed by atoms with Gasteiger partial charge < -0.3 is 5.32 Å². The number of aromatic amines is 1. The first-order valence-electron chi connectivity index (χ1n) is 7.10. The van der Waals surface area contributed by atoms with Gasteiger partial charge in [-0.25, -0.2) is 0 Å². The summed E-state index contributed by atoms with van der Waals surface area (Å²) in [6.45, 7) is 2.04. The minimum Gasteiger partial charge on any atom is -0.340 e. The molecule has 0 aliphatic carbocycles. The molecule has 0 saturated heterocycles. The number of fused-ring (bicyclic) bond motifs is 1. The largest absolute Gasteiger partial charge is 0.340 e. The summed E-state index contributed by atoms with van der Waals surface area (Å²) in [5.74, 6) is -0.130. The fraction of sp³-hybridized carbons (Fsp3) is 0.118. The Kier molecular flexibility index (Phi) is 2.79. The molecule has 0 bridgehead atoms. The number of hydrogen-bond acceptors (Lipinski definition) is 3. The summed E-state index contributed by atoms with van der Waals surface area (Å²) < 4.78 is 0. The lowest BCUT2D eigenvalue weighted by molar-refractivity contribution is 0.0955. The highest BCUT2D eigenvalue weighted by atomic mass is 16.2. The number of aromatic nitrogens is 3. The van der Waals surface area contributed by atoms with Gasteiger partial charge in [-0.3, -0.25) is 14.9 Å². The molecule has 1 aliphatic heterocycles. The van der Waals surface area contributed by atoms with E-state index in [2.05, 4.69) is 20.5 Å². The Labute approximate surface area is 127 Å². The SMILES string of the molecule is Cc1ccc(-c2n[nH]c3c2[C@@H](c2cccnc2)NC3=O)cc1. The van der Waals surface area contributed by atoms with Crippen LogP contribution >= 0.6 is 0 Å². The van der Waals surface area contributed by atoms with Crippen molar-refractivity contribution in [2.24, 2.45) is 0 Å². The second kappa shape index (κ2) is 4.80. The number of rotatable bonds is 2. The Morgan fingerprint density at radius 1 is 1.14 bits per heavy atom. The molecule has 0 fully saturated rings. The highest BCUT2D eigenvalue weighted by molar-refractivity contribution is 6.00. The van der Waals surface area contributed by atoms with Crippen LogP contribution in [0.5, 0.6) is 0 Å². The van der Waals surface area contributed by atoms with Crippen LogP contribution in [-0.2, 0) is 0 Å². The van der Waals surface area contributed by atoms with Crippen LogP contribution in [0.4, 0.5) is 0 Å². The number of nitrogens with zero attached hydrogens (tertiary/aromatic N) is 2. The van der Waals surface area contributed by atoms with Gasteiger partial charge in [0.15, 0.2) is 0 Å². The number of hydrogen-bond donors (Lipinski definition) is 2. The predicted molar refractivity (Wildman–Crippen MR) is 82.3 cm³/mol. The van der Waals surface area contributed by atoms with Crippen LogP contribution in [0, 0.1) is 6.92 Å². The standard InChI is InChI=1S/C17H14N4O/c1-10-4-6-11(7-5-10)15-13-14(12-3-2-8-18-9-12)19-17(22)16(13)21-20-15/h2-9,14H,1H3,(H,19,22)(H,20,21)/t14-/m1/s1. The molecule has 0 radical (unpaired) electrons. The monoisotopic (exact) mass is 290 g/mol. The van der Waals surface area contributed by atoms with Crippen LogP contribution in [-0.4, -0.2) is 21.1 Å². The summed E-state index contributed by atoms with van der Waals surface area (Å²) in [7, 11) is 0. The Balaban J connectivity index is 1.86. The second-order valence-corrected chi connectivity index (χ2v) is 5.42. The quantitative estimate of drug-likeness (QED) is 0.762. The minimum atomic E-state index is -0.216. The van der Waals surface area contributed by atoms with Crippen molar-refractivity contribution < 1.29 is 4.79 Å². The number of nitrogens with one attached hydrogen (secondary N) is 2. The Morgan fingerprint density at radius 3 is 2.68 bits per heavy atom. The van der Waals surface area contributed by atoms with Crippen molar-refractivity contribution in [3.8, 4) is 11.3 Å². The average Bonchev–Trinajstić information content (AvgIpc) is 3.11. The smallest absolute Gasteiger partial charge is 0.270 e. The van der Waals surface area contributed by atoms with Crippen molar-refractivity contribution >= 4 is 5.91 Å². The lowest BCUT2D eigenvalue weighted by Crippen LogP contribution is -2.21. The Morgan fingerprint density at radius 2 is 1.95 bits per heavy atom. The van der Waals surface area contributed by atoms with Crippen molar-refractivity contribution in [3.63, 3.8) is 0 Å². The fourth-order valence-electron chi connectivity index (χ4n) is 2.81. The first-order valence-corrected chi connectivity index (χ1v) is 7.10. The zero-order chi connectivity index (χ0) is 15.1. The third kappa shape index (κ3) is 1.90. The van der Waals surface area contributed by atoms with E-state index >= 15 is 0 Å². The summed E-state index contributed by atoms with van der Waals surface area (Å²) >= 11 is 0. The van der Waals surface area contributed by atoms with Gasteiger partial charge in [-0.15, -0.1) is 0 Å². The van der Waals surface area contributed by atoms with Crippen molar-refractivity contribution in [2.75, 3.05) is 0 Å². The number of H-pyrrole nitrogens is 1. The summed E-state index contributed by atoms with van der Waals surface area (Å²) in [4.78, 5) is 16.3. The summed E-state index contributed by atoms with van der Waals surface area (Å²) in [5, 5.41) is 10.2. The summed E-state index contributed by atoms with van der Waals surface area (Å²) in [6, 6.07) is 11.7. The van der Waals surface area contributed by atoms with Crippen LogP contribution in [0.2, 0.25) is 0 Å². The van der Waals surface area contributed by atoms with E-state index in [-0.39, 0.29) is 11.9 Å². The van der Waals surface area contributed by atoms with Crippen molar-refractivity contribution in [3.05, 3.63) is 71.2 Å². The van der Waals surface area contributed by atoms with Gasteiger partial charge >= 0.3 is 0 Å². The lowest BCUT2D eigenvalue weighted by atomic mass is 9.97. The molecule has 5 nitrogen and oxygen atoms in total. The molecule has 1 atom stereocenters. The van der Waals surface area contributed by atoms with Crippen LogP contribution in [0.15, 0.2) is 48.8 Å². The average molecular weight is 290 g/mol. The van der Waals surface area contributed by atoms with Crippen LogP contribution in [0.1, 0.15) is 33.2 Å². The molecule has 0 saturated carbocycles. The highest BCUT2D eigenvalue weighted by Crippen LogP contribution is 2.36. The summed E-state index contributed by atoms with van der Waals surface area (Å²) in [6.07, 6.45) is 3.49. The van der Waals surface area contributed by atoms with E-state index < -0.39 is 0 Å². The molecule has 0 spiro atoms. The number of carbonyl (C=O) groups excluding carboxylic acids is 1. The molecular weight excluding hydrogens is 276 g/mol. The van der Waals surface area contributed by atoms with Crippen molar-refractivity contribution in [1.29, 1.82) is 0 Å². The zero-order valence-corrected chi connectivity index (χ0v) is 12.0. The van der Waals surface area contributed by atoms with Crippen LogP contribution in [0.3, 0.4) is 0 Å². The number of pyridine rings is 1. The van der Waals surface area contributed by atoms with Crippen molar-refractivity contribution in [2.45, 2.75) is 13.0 Å². The van der Waals surface area contributed by atoms with Gasteiger partial charge in [0.1, 0.15) is 5.69 Å². The predicted octanol–water partition coefficient (Wildman–Crippen LogP) is 2.61. The van der Waals surface area contributed by atoms with Gasteiger partial charge in [0.05, 0.1) is 11.7 Å². The number of amides is 1. The molecule has 1 aliphatic rings. The van der Waals surface area contributed by atoms with Crippen LogP contribution in [0.25, 0.3) is 11.3 Å². The number of carbonyl (C=O) groups is 1. The Bertz CT molecular complexity index is 837. The Hall–Kier alpha value is -2.95. The topological polar surface area (TPSA) is 70.7 Å². The maximum atomic E-state index is 12.1. The molecular formula is C17H14N4O. The van der Waals surface area contributed by atoms with Gasteiger partial charge in [0.2, 0.25) is 0 Å². The summed E-state index contributed by atoms with van der Waals surface area (Å²) in [5.41, 5.74) is 5.36. The van der Waals surface area contributed by atoms with E-state index in [9.17, 15) is 4.79 Å². The third-order valence-corrected chi connectivity index (χ3v) is 3.94. The lowest BCUT2D eigenvalue weighted by Gasteiger charge is -2.12. The fourth-order valence-corrected chi connectivity index (χ4v) is 2.81. The zero-order valence-electron chi connectivity index (χ0n) is 12.0. The van der Waals surface area contributed by atoms with E-state index in [0.717, 1.165) is 22.4 Å². The van der Waals surface area contributed by atoms with Gasteiger partial charge in [0.25, 0.3) is 5.91 Å². The third-order valence-electron chi connectivity index (χ3n) is 3.94. The molecule has 2 N–H and O–H groups in total. The molecule has 3 heterocycles. The van der Waals surface area contributed by atoms with E-state index in [1.165, 1.54) is 5.56 Å². The molecule has 4 rings (SSSR count). The number of aryl methyl sites for hydroxylation is 1. The van der Waals surface area contributed by atoms with Gasteiger partial charge in [-0.05, 0) is 18.6 Å². The van der Waals surface area contributed by atoms with Gasteiger partial charge in [-0.1, -0.05) is 35.9 Å².